The van der Waals surface area contributed by atoms with Gasteiger partial charge in [-0.25, -0.2) is 4.98 Å². The van der Waals surface area contributed by atoms with Crippen molar-refractivity contribution >= 4 is 27.2 Å². The molecule has 0 saturated heterocycles. The molecule has 0 aliphatic carbocycles. The maximum Gasteiger partial charge on any atom is 0.169 e. The number of ether oxygens (including phenoxy) is 2. The Bertz CT molecular complexity index is 786. The van der Waals surface area contributed by atoms with Crippen molar-refractivity contribution in [3.05, 3.63) is 41.4 Å². The van der Waals surface area contributed by atoms with Crippen LogP contribution in [0.5, 0.6) is 17.2 Å². The number of hydrogen-bond acceptors (Lipinski definition) is 6. The number of rotatable bonds is 4. The third-order valence-electron chi connectivity index (χ3n) is 3.13. The predicted octanol–water partition coefficient (Wildman–Crippen LogP) is 3.17. The second-order valence-electron chi connectivity index (χ2n) is 4.42. The van der Waals surface area contributed by atoms with Gasteiger partial charge in [0.15, 0.2) is 17.2 Å². The zero-order chi connectivity index (χ0) is 14.8. The second-order valence-corrected chi connectivity index (χ2v) is 5.31. The largest absolute Gasteiger partial charge is 0.493 e. The summed E-state index contributed by atoms with van der Waals surface area (Å²) < 4.78 is 12.1. The van der Waals surface area contributed by atoms with E-state index in [1.165, 1.54) is 11.3 Å². The lowest BCUT2D eigenvalue weighted by Gasteiger charge is -2.13. The van der Waals surface area contributed by atoms with Crippen LogP contribution in [0.3, 0.4) is 0 Å². The average molecular weight is 302 g/mol. The first kappa shape index (κ1) is 13.7. The topological polar surface area (TPSA) is 77.6 Å². The van der Waals surface area contributed by atoms with Crippen LogP contribution in [0.2, 0.25) is 0 Å². The highest BCUT2D eigenvalue weighted by Gasteiger charge is 2.12. The van der Waals surface area contributed by atoms with Crippen molar-refractivity contribution in [2.75, 3.05) is 12.8 Å². The van der Waals surface area contributed by atoms with E-state index in [2.05, 4.69) is 4.98 Å². The van der Waals surface area contributed by atoms with E-state index in [0.29, 0.717) is 22.9 Å². The first-order valence-corrected chi connectivity index (χ1v) is 7.18. The molecule has 6 heteroatoms. The van der Waals surface area contributed by atoms with Crippen LogP contribution in [0, 0.1) is 0 Å². The van der Waals surface area contributed by atoms with Crippen LogP contribution in [0.4, 0.5) is 5.69 Å². The Labute approximate surface area is 125 Å². The van der Waals surface area contributed by atoms with Crippen molar-refractivity contribution in [1.29, 1.82) is 0 Å². The van der Waals surface area contributed by atoms with Crippen LogP contribution in [0.15, 0.2) is 35.8 Å². The van der Waals surface area contributed by atoms with Gasteiger partial charge in [0, 0.05) is 0 Å². The standard InChI is InChI=1S/C15H14N2O3S/c1-19-12-6-9(7-18)2-3-10(12)20-11-4-5-13-15(14(11)16)17-8-21-13/h2-6,8,18H,7,16H2,1H3. The molecule has 3 rings (SSSR count). The molecule has 1 heterocycles. The van der Waals surface area contributed by atoms with Crippen LogP contribution < -0.4 is 15.2 Å². The van der Waals surface area contributed by atoms with Gasteiger partial charge in [-0.05, 0) is 29.8 Å². The van der Waals surface area contributed by atoms with Gasteiger partial charge in [0.05, 0.1) is 23.9 Å². The van der Waals surface area contributed by atoms with Crippen molar-refractivity contribution in [2.45, 2.75) is 6.61 Å². The lowest BCUT2D eigenvalue weighted by atomic mass is 10.2. The molecule has 0 aliphatic rings. The third-order valence-corrected chi connectivity index (χ3v) is 3.93. The smallest absolute Gasteiger partial charge is 0.169 e. The van der Waals surface area contributed by atoms with E-state index >= 15 is 0 Å². The number of anilines is 1. The minimum Gasteiger partial charge on any atom is -0.493 e. The minimum atomic E-state index is -0.0520. The van der Waals surface area contributed by atoms with Crippen LogP contribution in [-0.4, -0.2) is 17.2 Å². The quantitative estimate of drug-likeness (QED) is 0.724. The van der Waals surface area contributed by atoms with Crippen molar-refractivity contribution in [1.82, 2.24) is 4.98 Å². The van der Waals surface area contributed by atoms with Crippen molar-refractivity contribution < 1.29 is 14.6 Å². The van der Waals surface area contributed by atoms with Crippen LogP contribution in [0.1, 0.15) is 5.56 Å². The van der Waals surface area contributed by atoms with E-state index in [9.17, 15) is 0 Å². The van der Waals surface area contributed by atoms with Crippen LogP contribution >= 0.6 is 11.3 Å². The molecule has 0 amide bonds. The molecule has 0 aliphatic heterocycles. The van der Waals surface area contributed by atoms with E-state index in [4.69, 9.17) is 20.3 Å². The number of thiazole rings is 1. The number of nitrogens with two attached hydrogens (primary N) is 1. The molecule has 108 valence electrons. The molecule has 0 fully saturated rings. The van der Waals surface area contributed by atoms with Crippen molar-refractivity contribution in [2.24, 2.45) is 0 Å². The lowest BCUT2D eigenvalue weighted by Crippen LogP contribution is -1.96. The molecular formula is C15H14N2O3S. The van der Waals surface area contributed by atoms with Gasteiger partial charge in [-0.3, -0.25) is 0 Å². The molecule has 0 spiro atoms. The monoisotopic (exact) mass is 302 g/mol. The molecule has 0 bridgehead atoms. The number of fused-ring (bicyclic) bond motifs is 1. The fraction of sp³-hybridized carbons (Fsp3) is 0.133. The average Bonchev–Trinajstić information content (AvgIpc) is 2.99. The minimum absolute atomic E-state index is 0.0520. The zero-order valence-electron chi connectivity index (χ0n) is 11.4. The van der Waals surface area contributed by atoms with Crippen molar-refractivity contribution in [3.63, 3.8) is 0 Å². The molecule has 0 unspecified atom stereocenters. The highest BCUT2D eigenvalue weighted by Crippen LogP contribution is 2.38. The van der Waals surface area contributed by atoms with Crippen LogP contribution in [0.25, 0.3) is 10.2 Å². The van der Waals surface area contributed by atoms with Gasteiger partial charge in [0.2, 0.25) is 0 Å². The first-order chi connectivity index (χ1) is 10.2. The van der Waals surface area contributed by atoms with Gasteiger partial charge < -0.3 is 20.3 Å². The summed E-state index contributed by atoms with van der Waals surface area (Å²) in [6.45, 7) is -0.0520. The fourth-order valence-electron chi connectivity index (χ4n) is 2.04. The van der Waals surface area contributed by atoms with Crippen LogP contribution in [-0.2, 0) is 6.61 Å². The van der Waals surface area contributed by atoms with Gasteiger partial charge in [0.1, 0.15) is 11.2 Å². The summed E-state index contributed by atoms with van der Waals surface area (Å²) in [7, 11) is 1.55. The Hall–Kier alpha value is -2.31. The maximum atomic E-state index is 9.15. The Morgan fingerprint density at radius 2 is 2.00 bits per heavy atom. The number of aromatic nitrogens is 1. The number of nitrogens with zero attached hydrogens (tertiary/aromatic N) is 1. The Kier molecular flexibility index (Phi) is 3.64. The predicted molar refractivity (Wildman–Crippen MR) is 83.0 cm³/mol. The normalized spacial score (nSPS) is 10.8. The molecular weight excluding hydrogens is 288 g/mol. The number of nitrogen functional groups attached to an aromatic ring is 1. The number of aliphatic hydroxyl groups is 1. The number of aliphatic hydroxyl groups excluding tert-OH is 1. The molecule has 1 aromatic heterocycles. The fourth-order valence-corrected chi connectivity index (χ4v) is 2.73. The van der Waals surface area contributed by atoms with E-state index in [1.54, 1.807) is 30.8 Å². The molecule has 0 radical (unpaired) electrons. The second kappa shape index (κ2) is 5.59. The lowest BCUT2D eigenvalue weighted by molar-refractivity contribution is 0.280. The Balaban J connectivity index is 2.00. The summed E-state index contributed by atoms with van der Waals surface area (Å²) in [5, 5.41) is 9.15. The van der Waals surface area contributed by atoms with Gasteiger partial charge >= 0.3 is 0 Å². The summed E-state index contributed by atoms with van der Waals surface area (Å²) in [5.74, 6) is 1.61. The van der Waals surface area contributed by atoms with E-state index in [0.717, 1.165) is 15.8 Å². The highest BCUT2D eigenvalue weighted by atomic mass is 32.1. The van der Waals surface area contributed by atoms with Gasteiger partial charge in [-0.2, -0.15) is 0 Å². The summed E-state index contributed by atoms with van der Waals surface area (Å²) in [5.41, 5.74) is 9.84. The maximum absolute atomic E-state index is 9.15. The van der Waals surface area contributed by atoms with Crippen molar-refractivity contribution in [3.8, 4) is 17.2 Å². The van der Waals surface area contributed by atoms with E-state index < -0.39 is 0 Å². The third kappa shape index (κ3) is 2.51. The number of benzene rings is 2. The molecule has 3 aromatic rings. The van der Waals surface area contributed by atoms with E-state index in [1.807, 2.05) is 12.1 Å². The SMILES string of the molecule is COc1cc(CO)ccc1Oc1ccc2scnc2c1N. The molecule has 3 N–H and O–H groups in total. The zero-order valence-corrected chi connectivity index (χ0v) is 12.2. The highest BCUT2D eigenvalue weighted by molar-refractivity contribution is 7.16. The Morgan fingerprint density at radius 1 is 1.19 bits per heavy atom. The number of methoxy groups -OCH3 is 1. The molecule has 0 atom stereocenters. The number of hydrogen-bond donors (Lipinski definition) is 2. The molecule has 5 nitrogen and oxygen atoms in total. The summed E-state index contributed by atoms with van der Waals surface area (Å²) in [6.07, 6.45) is 0. The molecule has 21 heavy (non-hydrogen) atoms. The van der Waals surface area contributed by atoms with Gasteiger partial charge in [-0.1, -0.05) is 6.07 Å². The van der Waals surface area contributed by atoms with Gasteiger partial charge in [-0.15, -0.1) is 11.3 Å². The summed E-state index contributed by atoms with van der Waals surface area (Å²) >= 11 is 1.53. The van der Waals surface area contributed by atoms with E-state index in [-0.39, 0.29) is 6.61 Å². The van der Waals surface area contributed by atoms with Gasteiger partial charge in [0.25, 0.3) is 0 Å². The first-order valence-electron chi connectivity index (χ1n) is 6.30. The summed E-state index contributed by atoms with van der Waals surface area (Å²) in [4.78, 5) is 4.24. The Morgan fingerprint density at radius 3 is 2.76 bits per heavy atom. The molecule has 0 saturated carbocycles. The summed E-state index contributed by atoms with van der Waals surface area (Å²) in [6, 6.07) is 8.99. The molecule has 2 aromatic carbocycles.